The van der Waals surface area contributed by atoms with E-state index in [9.17, 15) is 13.2 Å². The first-order valence-electron chi connectivity index (χ1n) is 5.63. The van der Waals surface area contributed by atoms with Gasteiger partial charge in [-0.2, -0.15) is 13.2 Å². The van der Waals surface area contributed by atoms with E-state index >= 15 is 0 Å². The van der Waals surface area contributed by atoms with Gasteiger partial charge in [0, 0.05) is 5.92 Å². The average molecular weight is 216 g/mol. The van der Waals surface area contributed by atoms with Gasteiger partial charge in [0.25, 0.3) is 0 Å². The Bertz CT molecular complexity index is 282. The predicted molar refractivity (Wildman–Crippen MR) is 52.1 cm³/mol. The van der Waals surface area contributed by atoms with Gasteiger partial charge < -0.3 is 0 Å². The summed E-state index contributed by atoms with van der Waals surface area (Å²) in [7, 11) is 0. The van der Waals surface area contributed by atoms with Gasteiger partial charge in [-0.3, -0.25) is 0 Å². The maximum Gasteiger partial charge on any atom is 0.405 e. The summed E-state index contributed by atoms with van der Waals surface area (Å²) in [6, 6.07) is 0. The Morgan fingerprint density at radius 3 is 2.07 bits per heavy atom. The number of hydrogen-bond acceptors (Lipinski definition) is 0. The summed E-state index contributed by atoms with van der Waals surface area (Å²) >= 11 is 0. The van der Waals surface area contributed by atoms with Gasteiger partial charge in [-0.15, -0.1) is 0 Å². The van der Waals surface area contributed by atoms with Gasteiger partial charge in [-0.1, -0.05) is 31.1 Å². The highest BCUT2D eigenvalue weighted by Crippen LogP contribution is 2.57. The molecule has 0 aromatic carbocycles. The first-order chi connectivity index (χ1) is 7.04. The zero-order chi connectivity index (χ0) is 10.9. The molecule has 0 aromatic rings. The van der Waals surface area contributed by atoms with Crippen molar-refractivity contribution >= 4 is 0 Å². The highest BCUT2D eigenvalue weighted by molar-refractivity contribution is 5.23. The first-order valence-corrected chi connectivity index (χ1v) is 5.63. The summed E-state index contributed by atoms with van der Waals surface area (Å²) in [5.74, 6) is 5.59. The minimum Gasteiger partial charge on any atom is -0.169 e. The van der Waals surface area contributed by atoms with Crippen LogP contribution in [0, 0.1) is 23.2 Å². The molecule has 0 saturated heterocycles. The molecule has 2 rings (SSSR count). The third-order valence-corrected chi connectivity index (χ3v) is 3.41. The average Bonchev–Trinajstić information content (AvgIpc) is 2.96. The predicted octanol–water partition coefficient (Wildman–Crippen LogP) is 3.91. The van der Waals surface area contributed by atoms with Gasteiger partial charge in [-0.05, 0) is 25.7 Å². The molecule has 2 aliphatic rings. The van der Waals surface area contributed by atoms with Crippen LogP contribution in [0.25, 0.3) is 0 Å². The quantitative estimate of drug-likeness (QED) is 0.538. The van der Waals surface area contributed by atoms with Crippen molar-refractivity contribution in [2.45, 2.75) is 51.1 Å². The summed E-state index contributed by atoms with van der Waals surface area (Å²) < 4.78 is 37.6. The molecule has 0 atom stereocenters. The van der Waals surface area contributed by atoms with Crippen molar-refractivity contribution in [3.63, 3.8) is 0 Å². The Kier molecular flexibility index (Phi) is 2.70. The summed E-state index contributed by atoms with van der Waals surface area (Å²) in [4.78, 5) is 0. The standard InChI is InChI=1S/C12H15F3/c13-12(14,15)11(8-9-11)7-6-10-4-2-1-3-5-10/h10H,1-5,8-9H2. The summed E-state index contributed by atoms with van der Waals surface area (Å²) in [6.07, 6.45) is 1.72. The minimum absolute atomic E-state index is 0.205. The van der Waals surface area contributed by atoms with Crippen LogP contribution in [0.15, 0.2) is 0 Å². The molecule has 0 N–H and O–H groups in total. The Hall–Kier alpha value is -0.650. The Morgan fingerprint density at radius 1 is 1.00 bits per heavy atom. The van der Waals surface area contributed by atoms with Crippen molar-refractivity contribution < 1.29 is 13.2 Å². The van der Waals surface area contributed by atoms with E-state index in [0.29, 0.717) is 0 Å². The largest absolute Gasteiger partial charge is 0.405 e. The van der Waals surface area contributed by atoms with E-state index in [1.807, 2.05) is 0 Å². The maximum atomic E-state index is 12.5. The molecule has 2 saturated carbocycles. The van der Waals surface area contributed by atoms with Gasteiger partial charge in [0.2, 0.25) is 0 Å². The zero-order valence-corrected chi connectivity index (χ0v) is 8.66. The van der Waals surface area contributed by atoms with Crippen LogP contribution in [0.4, 0.5) is 13.2 Å². The van der Waals surface area contributed by atoms with E-state index in [0.717, 1.165) is 25.7 Å². The Balaban J connectivity index is 1.99. The lowest BCUT2D eigenvalue weighted by molar-refractivity contribution is -0.168. The van der Waals surface area contributed by atoms with Gasteiger partial charge >= 0.3 is 6.18 Å². The van der Waals surface area contributed by atoms with Gasteiger partial charge in [-0.25, -0.2) is 0 Å². The molecule has 0 spiro atoms. The van der Waals surface area contributed by atoms with Crippen LogP contribution < -0.4 is 0 Å². The fraction of sp³-hybridized carbons (Fsp3) is 0.833. The van der Waals surface area contributed by atoms with Crippen molar-refractivity contribution in [3.8, 4) is 11.8 Å². The molecule has 2 fully saturated rings. The molecule has 15 heavy (non-hydrogen) atoms. The highest BCUT2D eigenvalue weighted by Gasteiger charge is 2.62. The number of alkyl halides is 3. The lowest BCUT2D eigenvalue weighted by Gasteiger charge is -2.17. The van der Waals surface area contributed by atoms with E-state index in [-0.39, 0.29) is 18.8 Å². The molecular formula is C12H15F3. The lowest BCUT2D eigenvalue weighted by atomic mass is 9.89. The molecule has 0 heterocycles. The van der Waals surface area contributed by atoms with Crippen LogP contribution >= 0.6 is 0 Å². The second kappa shape index (κ2) is 3.73. The van der Waals surface area contributed by atoms with Crippen LogP contribution in [0.2, 0.25) is 0 Å². The second-order valence-electron chi connectivity index (χ2n) is 4.68. The molecule has 0 aromatic heterocycles. The van der Waals surface area contributed by atoms with Crippen molar-refractivity contribution in [3.05, 3.63) is 0 Å². The van der Waals surface area contributed by atoms with Gasteiger partial charge in [0.05, 0.1) is 0 Å². The van der Waals surface area contributed by atoms with Crippen LogP contribution in [-0.4, -0.2) is 6.18 Å². The molecule has 0 nitrogen and oxygen atoms in total. The fourth-order valence-electron chi connectivity index (χ4n) is 2.09. The summed E-state index contributed by atoms with van der Waals surface area (Å²) in [5.41, 5.74) is -1.62. The van der Waals surface area contributed by atoms with Crippen molar-refractivity contribution in [1.82, 2.24) is 0 Å². The van der Waals surface area contributed by atoms with Crippen molar-refractivity contribution in [1.29, 1.82) is 0 Å². The Labute approximate surface area is 88.2 Å². The number of rotatable bonds is 0. The molecule has 84 valence electrons. The molecule has 0 aliphatic heterocycles. The van der Waals surface area contributed by atoms with Crippen molar-refractivity contribution in [2.24, 2.45) is 11.3 Å². The summed E-state index contributed by atoms with van der Waals surface area (Å²) in [6.45, 7) is 0. The minimum atomic E-state index is -4.12. The molecule has 0 radical (unpaired) electrons. The monoisotopic (exact) mass is 216 g/mol. The van der Waals surface area contributed by atoms with E-state index < -0.39 is 11.6 Å². The van der Waals surface area contributed by atoms with E-state index in [4.69, 9.17) is 0 Å². The van der Waals surface area contributed by atoms with E-state index in [2.05, 4.69) is 11.8 Å². The fourth-order valence-corrected chi connectivity index (χ4v) is 2.09. The first kappa shape index (κ1) is 10.9. The SMILES string of the molecule is FC(F)(F)C1(C#CC2CCCCC2)CC1. The van der Waals surface area contributed by atoms with E-state index in [1.165, 1.54) is 6.42 Å². The molecule has 3 heteroatoms. The van der Waals surface area contributed by atoms with E-state index in [1.54, 1.807) is 0 Å². The maximum absolute atomic E-state index is 12.5. The second-order valence-corrected chi connectivity index (χ2v) is 4.68. The van der Waals surface area contributed by atoms with Crippen LogP contribution in [0.3, 0.4) is 0 Å². The topological polar surface area (TPSA) is 0 Å². The van der Waals surface area contributed by atoms with Crippen molar-refractivity contribution in [2.75, 3.05) is 0 Å². The lowest BCUT2D eigenvalue weighted by Crippen LogP contribution is -2.23. The summed E-state index contributed by atoms with van der Waals surface area (Å²) in [5, 5.41) is 0. The molecular weight excluding hydrogens is 201 g/mol. The molecule has 0 amide bonds. The Morgan fingerprint density at radius 2 is 1.60 bits per heavy atom. The smallest absolute Gasteiger partial charge is 0.169 e. The van der Waals surface area contributed by atoms with Gasteiger partial charge in [0.1, 0.15) is 5.41 Å². The third-order valence-electron chi connectivity index (χ3n) is 3.41. The number of halogens is 3. The van der Waals surface area contributed by atoms with Gasteiger partial charge in [0.15, 0.2) is 0 Å². The zero-order valence-electron chi connectivity index (χ0n) is 8.66. The third kappa shape index (κ3) is 2.30. The molecule has 2 aliphatic carbocycles. The number of hydrogen-bond donors (Lipinski definition) is 0. The highest BCUT2D eigenvalue weighted by atomic mass is 19.4. The van der Waals surface area contributed by atoms with Crippen LogP contribution in [-0.2, 0) is 0 Å². The normalized spacial score (nSPS) is 25.5. The van der Waals surface area contributed by atoms with Crippen LogP contribution in [0.5, 0.6) is 0 Å². The van der Waals surface area contributed by atoms with Crippen LogP contribution in [0.1, 0.15) is 44.9 Å². The molecule has 0 unspecified atom stereocenters. The molecule has 0 bridgehead atoms.